The zero-order valence-corrected chi connectivity index (χ0v) is 19.1. The molecule has 0 bridgehead atoms. The minimum Gasteiger partial charge on any atom is -0.341 e. The lowest BCUT2D eigenvalue weighted by atomic mass is 9.96. The van der Waals surface area contributed by atoms with E-state index in [0.717, 1.165) is 21.9 Å². The summed E-state index contributed by atoms with van der Waals surface area (Å²) in [5.41, 5.74) is 6.07. The maximum absolute atomic E-state index is 5.12. The Hall–Kier alpha value is -2.05. The third kappa shape index (κ3) is 3.22. The van der Waals surface area contributed by atoms with Crippen LogP contribution in [0.15, 0.2) is 64.2 Å². The fourth-order valence-corrected chi connectivity index (χ4v) is 6.03. The van der Waals surface area contributed by atoms with Crippen molar-refractivity contribution in [1.82, 2.24) is 14.5 Å². The van der Waals surface area contributed by atoms with Crippen molar-refractivity contribution < 1.29 is 0 Å². The van der Waals surface area contributed by atoms with Gasteiger partial charge in [0.25, 0.3) is 0 Å². The van der Waals surface area contributed by atoms with E-state index < -0.39 is 0 Å². The molecule has 148 valence electrons. The Kier molecular flexibility index (Phi) is 4.79. The highest BCUT2D eigenvalue weighted by molar-refractivity contribution is 9.10. The first kappa shape index (κ1) is 18.9. The molecular formula is C23H23BrN4S. The number of thioether (sulfide) groups is 1. The van der Waals surface area contributed by atoms with Crippen LogP contribution in [0, 0.1) is 13.8 Å². The van der Waals surface area contributed by atoms with E-state index in [9.17, 15) is 0 Å². The van der Waals surface area contributed by atoms with Gasteiger partial charge in [0.1, 0.15) is 6.04 Å². The van der Waals surface area contributed by atoms with E-state index in [0.29, 0.717) is 5.25 Å². The Morgan fingerprint density at radius 3 is 2.72 bits per heavy atom. The molecule has 2 aliphatic rings. The number of pyridine rings is 1. The molecule has 0 unspecified atom stereocenters. The van der Waals surface area contributed by atoms with Crippen molar-refractivity contribution in [3.63, 3.8) is 0 Å². The molecule has 1 fully saturated rings. The molecule has 2 aliphatic heterocycles. The van der Waals surface area contributed by atoms with Crippen molar-refractivity contribution in [3.05, 3.63) is 81.8 Å². The minimum atomic E-state index is 0.0302. The fourth-order valence-electron chi connectivity index (χ4n) is 4.55. The maximum atomic E-state index is 5.12. The molecule has 0 amide bonds. The minimum absolute atomic E-state index is 0.0302. The quantitative estimate of drug-likeness (QED) is 0.485. The van der Waals surface area contributed by atoms with Crippen LogP contribution in [0.1, 0.15) is 41.7 Å². The Balaban J connectivity index is 1.63. The number of halogens is 1. The molecule has 29 heavy (non-hydrogen) atoms. The van der Waals surface area contributed by atoms with Gasteiger partial charge in [0.05, 0.1) is 11.7 Å². The van der Waals surface area contributed by atoms with E-state index in [4.69, 9.17) is 4.99 Å². The van der Waals surface area contributed by atoms with Crippen LogP contribution in [0.5, 0.6) is 0 Å². The number of aromatic nitrogens is 2. The van der Waals surface area contributed by atoms with Gasteiger partial charge in [-0.25, -0.2) is 0 Å². The number of rotatable bonds is 3. The van der Waals surface area contributed by atoms with Gasteiger partial charge in [0, 0.05) is 39.5 Å². The topological polar surface area (TPSA) is 33.4 Å². The van der Waals surface area contributed by atoms with Gasteiger partial charge in [0.15, 0.2) is 5.17 Å². The zero-order valence-electron chi connectivity index (χ0n) is 16.7. The number of aryl methyl sites for hydroxylation is 1. The third-order valence-corrected chi connectivity index (χ3v) is 7.33. The summed E-state index contributed by atoms with van der Waals surface area (Å²) in [5.74, 6) is 0. The van der Waals surface area contributed by atoms with Crippen molar-refractivity contribution in [2.45, 2.75) is 38.1 Å². The van der Waals surface area contributed by atoms with Gasteiger partial charge < -0.3 is 9.47 Å². The number of nitrogens with zero attached hydrogens (tertiary/aromatic N) is 4. The summed E-state index contributed by atoms with van der Waals surface area (Å²) in [6, 6.07) is 17.2. The van der Waals surface area contributed by atoms with E-state index in [1.807, 2.05) is 24.0 Å². The van der Waals surface area contributed by atoms with E-state index in [1.165, 1.54) is 22.6 Å². The van der Waals surface area contributed by atoms with Gasteiger partial charge in [-0.15, -0.1) is 0 Å². The summed E-state index contributed by atoms with van der Waals surface area (Å²) in [4.78, 5) is 12.3. The first-order valence-corrected chi connectivity index (χ1v) is 11.6. The lowest BCUT2D eigenvalue weighted by Gasteiger charge is -2.27. The molecule has 4 nitrogen and oxygen atoms in total. The molecule has 0 saturated carbocycles. The average molecular weight is 467 g/mol. The molecule has 0 spiro atoms. The van der Waals surface area contributed by atoms with Crippen LogP contribution in [0.3, 0.4) is 0 Å². The molecular weight excluding hydrogens is 444 g/mol. The van der Waals surface area contributed by atoms with Gasteiger partial charge >= 0.3 is 0 Å². The number of fused-ring (bicyclic) bond motifs is 1. The second-order valence-corrected chi connectivity index (χ2v) is 10.1. The Morgan fingerprint density at radius 1 is 1.10 bits per heavy atom. The fraction of sp³-hybridized carbons (Fsp3) is 0.304. The second kappa shape index (κ2) is 7.33. The first-order valence-electron chi connectivity index (χ1n) is 9.89. The summed E-state index contributed by atoms with van der Waals surface area (Å²) in [5, 5.41) is 1.72. The number of benzene rings is 1. The highest BCUT2D eigenvalue weighted by Gasteiger charge is 2.44. The van der Waals surface area contributed by atoms with E-state index in [2.05, 4.69) is 93.6 Å². The number of hydrogen-bond acceptors (Lipinski definition) is 4. The predicted molar refractivity (Wildman–Crippen MR) is 124 cm³/mol. The van der Waals surface area contributed by atoms with E-state index >= 15 is 0 Å². The van der Waals surface area contributed by atoms with Crippen LogP contribution < -0.4 is 0 Å². The van der Waals surface area contributed by atoms with Crippen molar-refractivity contribution in [2.24, 2.45) is 4.99 Å². The average Bonchev–Trinajstić information content (AvgIpc) is 3.32. The van der Waals surface area contributed by atoms with Crippen molar-refractivity contribution in [3.8, 4) is 5.69 Å². The lowest BCUT2D eigenvalue weighted by Crippen LogP contribution is -2.28. The molecule has 2 aromatic heterocycles. The van der Waals surface area contributed by atoms with Gasteiger partial charge in [-0.2, -0.15) is 0 Å². The van der Waals surface area contributed by atoms with Crippen LogP contribution in [0.25, 0.3) is 5.69 Å². The molecule has 5 rings (SSSR count). The largest absolute Gasteiger partial charge is 0.341 e. The van der Waals surface area contributed by atoms with Gasteiger partial charge in [-0.3, -0.25) is 9.98 Å². The van der Waals surface area contributed by atoms with Crippen LogP contribution in [0.4, 0.5) is 0 Å². The molecule has 6 heteroatoms. The summed E-state index contributed by atoms with van der Waals surface area (Å²) in [6.07, 6.45) is 1.87. The maximum Gasteiger partial charge on any atom is 0.160 e. The van der Waals surface area contributed by atoms with Crippen LogP contribution in [0.2, 0.25) is 0 Å². The number of aliphatic imine (C=N–C) groups is 1. The standard InChI is InChI=1S/C23H23BrN4S/c1-14-11-19(16(3)28(14)18-8-6-7-17(24)12-18)22-21(20-9-4-5-10-25-20)26-23-27(22)13-15(2)29-23/h4-12,15,21-22H,13H2,1-3H3/t15-,21-,22-/m0/s1. The smallest absolute Gasteiger partial charge is 0.160 e. The Bertz CT molecular complexity index is 1090. The summed E-state index contributed by atoms with van der Waals surface area (Å²) < 4.78 is 3.44. The first-order chi connectivity index (χ1) is 14.0. The Labute approximate surface area is 184 Å². The van der Waals surface area contributed by atoms with Crippen molar-refractivity contribution in [2.75, 3.05) is 6.54 Å². The van der Waals surface area contributed by atoms with Gasteiger partial charge in [-0.1, -0.05) is 46.7 Å². The normalized spacial score (nSPS) is 23.4. The monoisotopic (exact) mass is 466 g/mol. The number of hydrogen-bond donors (Lipinski definition) is 0. The van der Waals surface area contributed by atoms with Gasteiger partial charge in [-0.05, 0) is 55.8 Å². The second-order valence-electron chi connectivity index (χ2n) is 7.78. The third-order valence-electron chi connectivity index (χ3n) is 5.74. The van der Waals surface area contributed by atoms with Crippen LogP contribution >= 0.6 is 27.7 Å². The zero-order chi connectivity index (χ0) is 20.1. The highest BCUT2D eigenvalue weighted by Crippen LogP contribution is 2.48. The SMILES string of the molecule is Cc1cc([C@H]2[C@H](c3ccccn3)N=C3S[C@@H](C)CN32)c(C)n1-c1cccc(Br)c1. The van der Waals surface area contributed by atoms with Crippen molar-refractivity contribution in [1.29, 1.82) is 0 Å². The molecule has 0 radical (unpaired) electrons. The van der Waals surface area contributed by atoms with E-state index in [-0.39, 0.29) is 12.1 Å². The summed E-state index contributed by atoms with van der Waals surface area (Å²) in [7, 11) is 0. The predicted octanol–water partition coefficient (Wildman–Crippen LogP) is 5.84. The lowest BCUT2D eigenvalue weighted by molar-refractivity contribution is 0.320. The molecule has 1 saturated heterocycles. The summed E-state index contributed by atoms with van der Waals surface area (Å²) in [6.45, 7) is 7.72. The van der Waals surface area contributed by atoms with Gasteiger partial charge in [0.2, 0.25) is 0 Å². The van der Waals surface area contributed by atoms with Crippen LogP contribution in [-0.4, -0.2) is 31.4 Å². The molecule has 0 aliphatic carbocycles. The molecule has 1 aromatic carbocycles. The number of amidine groups is 1. The van der Waals surface area contributed by atoms with E-state index in [1.54, 1.807) is 0 Å². The van der Waals surface area contributed by atoms with Crippen molar-refractivity contribution >= 4 is 32.9 Å². The highest BCUT2D eigenvalue weighted by atomic mass is 79.9. The molecule has 0 N–H and O–H groups in total. The molecule has 3 atom stereocenters. The Morgan fingerprint density at radius 2 is 1.97 bits per heavy atom. The van der Waals surface area contributed by atoms with Crippen LogP contribution in [-0.2, 0) is 0 Å². The summed E-state index contributed by atoms with van der Waals surface area (Å²) >= 11 is 5.50. The molecule has 4 heterocycles. The molecule has 3 aromatic rings.